The number of benzene rings is 2. The van der Waals surface area contributed by atoms with Gasteiger partial charge in [-0.15, -0.1) is 11.8 Å². The van der Waals surface area contributed by atoms with Crippen LogP contribution in [0.15, 0.2) is 59.5 Å². The lowest BCUT2D eigenvalue weighted by molar-refractivity contribution is 0.737. The van der Waals surface area contributed by atoms with E-state index in [0.717, 1.165) is 12.2 Å². The van der Waals surface area contributed by atoms with Gasteiger partial charge in [0.25, 0.3) is 0 Å². The fourth-order valence-electron chi connectivity index (χ4n) is 1.83. The maximum absolute atomic E-state index is 5.79. The van der Waals surface area contributed by atoms with Crippen LogP contribution >= 0.6 is 11.8 Å². The van der Waals surface area contributed by atoms with Gasteiger partial charge in [0.15, 0.2) is 0 Å². The van der Waals surface area contributed by atoms with Crippen molar-refractivity contribution in [2.24, 2.45) is 5.73 Å². The fourth-order valence-corrected chi connectivity index (χ4v) is 2.69. The van der Waals surface area contributed by atoms with E-state index in [0.29, 0.717) is 0 Å². The minimum atomic E-state index is 0.229. The lowest BCUT2D eigenvalue weighted by atomic mass is 10.1. The molecule has 0 fully saturated rings. The van der Waals surface area contributed by atoms with Gasteiger partial charge in [0.05, 0.1) is 0 Å². The van der Waals surface area contributed by atoms with E-state index in [9.17, 15) is 0 Å². The van der Waals surface area contributed by atoms with Gasteiger partial charge >= 0.3 is 0 Å². The lowest BCUT2D eigenvalue weighted by Gasteiger charge is -2.06. The van der Waals surface area contributed by atoms with Crippen molar-refractivity contribution in [3.05, 3.63) is 65.7 Å². The van der Waals surface area contributed by atoms with Crippen LogP contribution in [0.1, 0.15) is 18.1 Å². The normalized spacial score (nSPS) is 12.3. The summed E-state index contributed by atoms with van der Waals surface area (Å²) in [6, 6.07) is 19.5. The zero-order valence-electron chi connectivity index (χ0n) is 10.7. The van der Waals surface area contributed by atoms with Crippen LogP contribution in [-0.4, -0.2) is 6.04 Å². The second kappa shape index (κ2) is 6.62. The van der Waals surface area contributed by atoms with Gasteiger partial charge in [-0.25, -0.2) is 0 Å². The molecule has 0 spiro atoms. The van der Waals surface area contributed by atoms with Gasteiger partial charge in [-0.2, -0.15) is 0 Å². The molecule has 0 unspecified atom stereocenters. The van der Waals surface area contributed by atoms with Crippen molar-refractivity contribution in [3.8, 4) is 0 Å². The van der Waals surface area contributed by atoms with Crippen molar-refractivity contribution in [2.75, 3.05) is 0 Å². The number of hydrogen-bond donors (Lipinski definition) is 1. The molecule has 0 saturated heterocycles. The van der Waals surface area contributed by atoms with Gasteiger partial charge in [0.2, 0.25) is 0 Å². The van der Waals surface area contributed by atoms with Crippen LogP contribution in [0.3, 0.4) is 0 Å². The first kappa shape index (κ1) is 13.2. The van der Waals surface area contributed by atoms with Crippen LogP contribution in [0.25, 0.3) is 0 Å². The van der Waals surface area contributed by atoms with Crippen LogP contribution in [-0.2, 0) is 12.2 Å². The summed E-state index contributed by atoms with van der Waals surface area (Å²) < 4.78 is 0. The van der Waals surface area contributed by atoms with Crippen molar-refractivity contribution < 1.29 is 0 Å². The predicted molar refractivity (Wildman–Crippen MR) is 79.8 cm³/mol. The van der Waals surface area contributed by atoms with E-state index < -0.39 is 0 Å². The molecule has 0 radical (unpaired) electrons. The Bertz CT molecular complexity index is 462. The molecule has 0 aliphatic carbocycles. The zero-order chi connectivity index (χ0) is 12.8. The SMILES string of the molecule is C[C@@H](N)Cc1ccc(SCc2ccccc2)cc1. The van der Waals surface area contributed by atoms with Crippen LogP contribution in [0.2, 0.25) is 0 Å². The van der Waals surface area contributed by atoms with Gasteiger partial charge in [-0.05, 0) is 36.6 Å². The van der Waals surface area contributed by atoms with E-state index in [4.69, 9.17) is 5.73 Å². The fraction of sp³-hybridized carbons (Fsp3) is 0.250. The van der Waals surface area contributed by atoms with Crippen LogP contribution in [0, 0.1) is 0 Å². The van der Waals surface area contributed by atoms with Crippen molar-refractivity contribution in [1.29, 1.82) is 0 Å². The van der Waals surface area contributed by atoms with Gasteiger partial charge < -0.3 is 5.73 Å². The molecule has 94 valence electrons. The summed E-state index contributed by atoms with van der Waals surface area (Å²) in [5.41, 5.74) is 8.47. The summed E-state index contributed by atoms with van der Waals surface area (Å²) in [5.74, 6) is 1.02. The molecular formula is C16H19NS. The molecule has 0 saturated carbocycles. The topological polar surface area (TPSA) is 26.0 Å². The summed E-state index contributed by atoms with van der Waals surface area (Å²) in [4.78, 5) is 1.31. The summed E-state index contributed by atoms with van der Waals surface area (Å²) in [6.45, 7) is 2.04. The Morgan fingerprint density at radius 1 is 0.944 bits per heavy atom. The average molecular weight is 257 g/mol. The molecule has 2 N–H and O–H groups in total. The molecule has 2 rings (SSSR count). The van der Waals surface area contributed by atoms with Crippen molar-refractivity contribution >= 4 is 11.8 Å². The molecule has 0 aliphatic rings. The highest BCUT2D eigenvalue weighted by atomic mass is 32.2. The van der Waals surface area contributed by atoms with Gasteiger partial charge in [0.1, 0.15) is 0 Å². The maximum atomic E-state index is 5.79. The van der Waals surface area contributed by atoms with E-state index in [-0.39, 0.29) is 6.04 Å². The molecule has 2 heteroatoms. The third-order valence-corrected chi connectivity index (χ3v) is 3.81. The quantitative estimate of drug-likeness (QED) is 0.823. The number of thioether (sulfide) groups is 1. The molecule has 18 heavy (non-hydrogen) atoms. The maximum Gasteiger partial charge on any atom is 0.0231 e. The molecular weight excluding hydrogens is 238 g/mol. The Balaban J connectivity index is 1.90. The van der Waals surface area contributed by atoms with Crippen molar-refractivity contribution in [2.45, 2.75) is 30.0 Å². The molecule has 2 aromatic carbocycles. The van der Waals surface area contributed by atoms with Gasteiger partial charge in [0, 0.05) is 16.7 Å². The largest absolute Gasteiger partial charge is 0.328 e. The molecule has 0 amide bonds. The molecule has 0 heterocycles. The Morgan fingerprint density at radius 2 is 1.61 bits per heavy atom. The average Bonchev–Trinajstić information content (AvgIpc) is 2.38. The predicted octanol–water partition coefficient (Wildman–Crippen LogP) is 3.87. The standard InChI is InChI=1S/C16H19NS/c1-13(17)11-14-7-9-16(10-8-14)18-12-15-5-3-2-4-6-15/h2-10,13H,11-12,17H2,1H3/t13-/m1/s1. The molecule has 2 aromatic rings. The summed E-state index contributed by atoms with van der Waals surface area (Å²) in [7, 11) is 0. The van der Waals surface area contributed by atoms with Crippen molar-refractivity contribution in [1.82, 2.24) is 0 Å². The molecule has 1 nitrogen and oxygen atoms in total. The van der Waals surface area contributed by atoms with E-state index in [2.05, 4.69) is 54.6 Å². The number of rotatable bonds is 5. The number of nitrogens with two attached hydrogens (primary N) is 1. The zero-order valence-corrected chi connectivity index (χ0v) is 11.5. The number of hydrogen-bond acceptors (Lipinski definition) is 2. The van der Waals surface area contributed by atoms with E-state index in [1.54, 1.807) is 0 Å². The first-order valence-corrected chi connectivity index (χ1v) is 7.24. The molecule has 0 bridgehead atoms. The summed E-state index contributed by atoms with van der Waals surface area (Å²) in [6.07, 6.45) is 0.948. The third-order valence-electron chi connectivity index (χ3n) is 2.73. The monoisotopic (exact) mass is 257 g/mol. The highest BCUT2D eigenvalue weighted by Gasteiger charge is 1.99. The highest BCUT2D eigenvalue weighted by molar-refractivity contribution is 7.98. The van der Waals surface area contributed by atoms with E-state index in [1.807, 2.05) is 18.7 Å². The Hall–Kier alpha value is -1.25. The van der Waals surface area contributed by atoms with Gasteiger partial charge in [-0.3, -0.25) is 0 Å². The Labute approximate surface area is 113 Å². The van der Waals surface area contributed by atoms with Crippen LogP contribution < -0.4 is 5.73 Å². The van der Waals surface area contributed by atoms with Crippen LogP contribution in [0.5, 0.6) is 0 Å². The lowest BCUT2D eigenvalue weighted by Crippen LogP contribution is -2.17. The summed E-state index contributed by atoms with van der Waals surface area (Å²) in [5, 5.41) is 0. The second-order valence-electron chi connectivity index (χ2n) is 4.60. The molecule has 1 atom stereocenters. The summed E-state index contributed by atoms with van der Waals surface area (Å²) >= 11 is 1.87. The van der Waals surface area contributed by atoms with E-state index >= 15 is 0 Å². The van der Waals surface area contributed by atoms with Crippen LogP contribution in [0.4, 0.5) is 0 Å². The minimum Gasteiger partial charge on any atom is -0.328 e. The second-order valence-corrected chi connectivity index (χ2v) is 5.65. The smallest absolute Gasteiger partial charge is 0.0231 e. The molecule has 0 aliphatic heterocycles. The highest BCUT2D eigenvalue weighted by Crippen LogP contribution is 2.23. The third kappa shape index (κ3) is 4.21. The van der Waals surface area contributed by atoms with Crippen molar-refractivity contribution in [3.63, 3.8) is 0 Å². The Kier molecular flexibility index (Phi) is 4.85. The Morgan fingerprint density at radius 3 is 2.22 bits per heavy atom. The first-order valence-electron chi connectivity index (χ1n) is 6.25. The first-order chi connectivity index (χ1) is 8.74. The minimum absolute atomic E-state index is 0.229. The van der Waals surface area contributed by atoms with Gasteiger partial charge in [-0.1, -0.05) is 42.5 Å². The van der Waals surface area contributed by atoms with E-state index in [1.165, 1.54) is 16.0 Å². The molecule has 0 aromatic heterocycles.